The fourth-order valence-corrected chi connectivity index (χ4v) is 5.12. The number of fused-ring (bicyclic) bond motifs is 3. The largest absolute Gasteiger partial charge is 0.436 e. The van der Waals surface area contributed by atoms with Crippen molar-refractivity contribution in [2.45, 2.75) is 32.0 Å². The fraction of sp³-hybridized carbons (Fsp3) is 0.320. The number of aromatic nitrogens is 4. The molecule has 2 aliphatic rings. The fourth-order valence-electron chi connectivity index (χ4n) is 5.12. The Balaban J connectivity index is 1.46. The quantitative estimate of drug-likeness (QED) is 0.462. The topological polar surface area (TPSA) is 117 Å². The van der Waals surface area contributed by atoms with Crippen molar-refractivity contribution in [2.24, 2.45) is 5.73 Å². The summed E-state index contributed by atoms with van der Waals surface area (Å²) in [5.41, 5.74) is 15.5. The number of rotatable bonds is 4. The Hall–Kier alpha value is -3.76. The molecular formula is C25H26FN7O2. The Morgan fingerprint density at radius 3 is 2.83 bits per heavy atom. The number of pyridine rings is 1. The van der Waals surface area contributed by atoms with Crippen LogP contribution in [0, 0.1) is 12.7 Å². The number of halogens is 1. The summed E-state index contributed by atoms with van der Waals surface area (Å²) in [4.78, 5) is 15.3. The Labute approximate surface area is 201 Å². The molecule has 0 spiro atoms. The first-order chi connectivity index (χ1) is 17.0. The van der Waals surface area contributed by atoms with Gasteiger partial charge in [-0.3, -0.25) is 0 Å². The van der Waals surface area contributed by atoms with Gasteiger partial charge in [-0.2, -0.15) is 0 Å². The third-order valence-electron chi connectivity index (χ3n) is 6.63. The summed E-state index contributed by atoms with van der Waals surface area (Å²) in [6.45, 7) is 4.51. The summed E-state index contributed by atoms with van der Waals surface area (Å²) in [5.74, 6) is 1.22. The van der Waals surface area contributed by atoms with Gasteiger partial charge in [0.05, 0.1) is 24.6 Å². The Morgan fingerprint density at radius 2 is 2.03 bits per heavy atom. The summed E-state index contributed by atoms with van der Waals surface area (Å²) >= 11 is 0. The second-order valence-corrected chi connectivity index (χ2v) is 9.05. The van der Waals surface area contributed by atoms with Crippen LogP contribution in [-0.4, -0.2) is 51.4 Å². The van der Waals surface area contributed by atoms with E-state index in [-0.39, 0.29) is 17.8 Å². The maximum absolute atomic E-state index is 15.3. The van der Waals surface area contributed by atoms with E-state index in [1.165, 1.54) is 12.4 Å². The molecule has 1 fully saturated rings. The molecule has 0 saturated carbocycles. The zero-order valence-electron chi connectivity index (χ0n) is 19.3. The number of nitrogens with two attached hydrogens (primary N) is 2. The van der Waals surface area contributed by atoms with Crippen molar-refractivity contribution in [3.8, 4) is 22.8 Å². The van der Waals surface area contributed by atoms with Crippen LogP contribution in [-0.2, 0) is 11.3 Å². The van der Waals surface area contributed by atoms with Gasteiger partial charge in [0.15, 0.2) is 11.6 Å². The van der Waals surface area contributed by atoms with Gasteiger partial charge in [0, 0.05) is 36.5 Å². The lowest BCUT2D eigenvalue weighted by molar-refractivity contribution is 0.0657. The molecule has 10 heteroatoms. The molecule has 0 bridgehead atoms. The van der Waals surface area contributed by atoms with Crippen molar-refractivity contribution in [3.05, 3.63) is 54.2 Å². The van der Waals surface area contributed by atoms with E-state index in [9.17, 15) is 0 Å². The molecule has 1 aromatic carbocycles. The van der Waals surface area contributed by atoms with Gasteiger partial charge in [-0.15, -0.1) is 0 Å². The van der Waals surface area contributed by atoms with Crippen molar-refractivity contribution in [1.82, 2.24) is 19.5 Å². The van der Waals surface area contributed by atoms with Crippen molar-refractivity contribution in [3.63, 3.8) is 0 Å². The van der Waals surface area contributed by atoms with Crippen LogP contribution in [0.15, 0.2) is 42.7 Å². The zero-order chi connectivity index (χ0) is 24.1. The van der Waals surface area contributed by atoms with E-state index >= 15 is 4.39 Å². The minimum absolute atomic E-state index is 0.0235. The number of hydrogen-bond acceptors (Lipinski definition) is 8. The van der Waals surface area contributed by atoms with Gasteiger partial charge in [-0.25, -0.2) is 19.3 Å². The van der Waals surface area contributed by atoms with Crippen molar-refractivity contribution >= 4 is 22.7 Å². The average molecular weight is 476 g/mol. The van der Waals surface area contributed by atoms with Crippen LogP contribution >= 0.6 is 0 Å². The van der Waals surface area contributed by atoms with Gasteiger partial charge in [0.1, 0.15) is 23.6 Å². The number of nitrogens with zero attached hydrogens (tertiary/aromatic N) is 5. The first-order valence-electron chi connectivity index (χ1n) is 11.6. The van der Waals surface area contributed by atoms with Crippen LogP contribution in [0.2, 0.25) is 0 Å². The van der Waals surface area contributed by atoms with E-state index in [0.717, 1.165) is 42.2 Å². The number of anilines is 2. The SMILES string of the molecule is Cc1cccc(Oc2ccc(-c3c4n(c5ncnc(N)c35)CCN4C3COCC(N)C3)cc2F)n1. The normalized spacial score (nSPS) is 19.8. The molecule has 3 aromatic heterocycles. The molecule has 2 unspecified atom stereocenters. The highest BCUT2D eigenvalue weighted by Gasteiger charge is 2.36. The molecular weight excluding hydrogens is 449 g/mol. The Kier molecular flexibility index (Phi) is 5.27. The van der Waals surface area contributed by atoms with Gasteiger partial charge in [0.25, 0.3) is 0 Å². The Morgan fingerprint density at radius 1 is 1.14 bits per heavy atom. The van der Waals surface area contributed by atoms with Crippen molar-refractivity contribution in [2.75, 3.05) is 30.4 Å². The van der Waals surface area contributed by atoms with Crippen LogP contribution in [0.3, 0.4) is 0 Å². The van der Waals surface area contributed by atoms with Gasteiger partial charge >= 0.3 is 0 Å². The monoisotopic (exact) mass is 475 g/mol. The van der Waals surface area contributed by atoms with Crippen LogP contribution in [0.5, 0.6) is 11.6 Å². The molecule has 2 atom stereocenters. The summed E-state index contributed by atoms with van der Waals surface area (Å²) in [6.07, 6.45) is 2.27. The molecule has 0 radical (unpaired) electrons. The zero-order valence-corrected chi connectivity index (χ0v) is 19.3. The van der Waals surface area contributed by atoms with E-state index in [1.54, 1.807) is 12.1 Å². The molecule has 35 heavy (non-hydrogen) atoms. The number of ether oxygens (including phenoxy) is 2. The lowest BCUT2D eigenvalue weighted by atomic mass is 10.0. The maximum Gasteiger partial charge on any atom is 0.219 e. The highest BCUT2D eigenvalue weighted by Crippen LogP contribution is 2.46. The second kappa shape index (κ2) is 8.47. The number of benzene rings is 1. The third kappa shape index (κ3) is 3.75. The van der Waals surface area contributed by atoms with E-state index in [4.69, 9.17) is 20.9 Å². The first kappa shape index (κ1) is 21.8. The molecule has 180 valence electrons. The minimum Gasteiger partial charge on any atom is -0.436 e. The predicted octanol–water partition coefficient (Wildman–Crippen LogP) is 3.25. The standard InChI is InChI=1S/C25H26FN7O2/c1-14-3-2-4-20(31-14)35-19-6-5-15(9-18(19)26)21-22-23(28)29-13-30-24(22)33-8-7-32(25(21)33)17-10-16(27)11-34-12-17/h2-6,9,13,16-17H,7-8,10-12,27H2,1H3,(H2,28,29,30). The van der Waals surface area contributed by atoms with Crippen LogP contribution in [0.4, 0.5) is 16.0 Å². The predicted molar refractivity (Wildman–Crippen MR) is 131 cm³/mol. The lowest BCUT2D eigenvalue weighted by Crippen LogP contribution is -2.47. The third-order valence-corrected chi connectivity index (χ3v) is 6.63. The molecule has 4 aromatic rings. The highest BCUT2D eigenvalue weighted by atomic mass is 19.1. The molecule has 0 amide bonds. The highest BCUT2D eigenvalue weighted by molar-refractivity contribution is 6.07. The van der Waals surface area contributed by atoms with E-state index in [1.807, 2.05) is 25.1 Å². The van der Waals surface area contributed by atoms with Crippen molar-refractivity contribution < 1.29 is 13.9 Å². The summed E-state index contributed by atoms with van der Waals surface area (Å²) in [7, 11) is 0. The van der Waals surface area contributed by atoms with Crippen LogP contribution in [0.1, 0.15) is 12.1 Å². The van der Waals surface area contributed by atoms with Gasteiger partial charge in [-0.1, -0.05) is 12.1 Å². The van der Waals surface area contributed by atoms with Crippen LogP contribution in [0.25, 0.3) is 22.2 Å². The molecule has 4 N–H and O–H groups in total. The summed E-state index contributed by atoms with van der Waals surface area (Å²) in [6, 6.07) is 10.4. The molecule has 9 nitrogen and oxygen atoms in total. The first-order valence-corrected chi connectivity index (χ1v) is 11.6. The summed E-state index contributed by atoms with van der Waals surface area (Å²) in [5, 5.41) is 0.710. The molecule has 2 aliphatic heterocycles. The second-order valence-electron chi connectivity index (χ2n) is 9.05. The van der Waals surface area contributed by atoms with Gasteiger partial charge in [-0.05, 0) is 37.1 Å². The van der Waals surface area contributed by atoms with Crippen LogP contribution < -0.4 is 21.1 Å². The van der Waals surface area contributed by atoms with Gasteiger partial charge < -0.3 is 30.4 Å². The lowest BCUT2D eigenvalue weighted by Gasteiger charge is -2.35. The molecule has 0 aliphatic carbocycles. The summed E-state index contributed by atoms with van der Waals surface area (Å²) < 4.78 is 28.9. The molecule has 6 rings (SSSR count). The number of hydrogen-bond donors (Lipinski definition) is 2. The minimum atomic E-state index is -0.498. The number of aryl methyl sites for hydroxylation is 1. The Bertz CT molecular complexity index is 1420. The smallest absolute Gasteiger partial charge is 0.219 e. The van der Waals surface area contributed by atoms with Gasteiger partial charge in [0.2, 0.25) is 5.88 Å². The average Bonchev–Trinajstić information content (AvgIpc) is 3.40. The van der Waals surface area contributed by atoms with E-state index in [0.29, 0.717) is 35.9 Å². The van der Waals surface area contributed by atoms with Crippen molar-refractivity contribution in [1.29, 1.82) is 0 Å². The number of nitrogen functional groups attached to an aromatic ring is 1. The van der Waals surface area contributed by atoms with E-state index in [2.05, 4.69) is 24.4 Å². The molecule has 5 heterocycles. The maximum atomic E-state index is 15.3. The molecule has 1 saturated heterocycles. The van der Waals surface area contributed by atoms with E-state index < -0.39 is 5.82 Å².